The molecule has 6 N–H and O–H groups in total. The highest BCUT2D eigenvalue weighted by Crippen LogP contribution is 2.30. The van der Waals surface area contributed by atoms with Crippen LogP contribution in [0, 0.1) is 0 Å². The predicted octanol–water partition coefficient (Wildman–Crippen LogP) is 10.1. The van der Waals surface area contributed by atoms with Gasteiger partial charge in [-0.25, -0.2) is 4.98 Å². The average molecular weight is 1010 g/mol. The summed E-state index contributed by atoms with van der Waals surface area (Å²) < 4.78 is 11.3. The molecule has 1 unspecified atom stereocenters. The molecule has 0 saturated carbocycles. The number of carbonyl (C=O) groups excluding carboxylic acids is 2. The molecule has 0 saturated heterocycles. The van der Waals surface area contributed by atoms with Crippen molar-refractivity contribution in [2.24, 2.45) is 10.7 Å². The van der Waals surface area contributed by atoms with Crippen LogP contribution < -0.4 is 31.6 Å². The van der Waals surface area contributed by atoms with Gasteiger partial charge in [-0.2, -0.15) is 14.9 Å². The minimum Gasteiger partial charge on any atom is -0.492 e. The van der Waals surface area contributed by atoms with Crippen LogP contribution in [0.2, 0.25) is 0 Å². The number of likely N-dealkylation sites (N-methyl/N-ethyl adjacent to an activating group) is 2. The van der Waals surface area contributed by atoms with E-state index in [-0.39, 0.29) is 34.7 Å². The maximum Gasteiger partial charge on any atom is 0.206 e. The van der Waals surface area contributed by atoms with E-state index in [1.165, 1.54) is 28.7 Å². The van der Waals surface area contributed by atoms with E-state index in [1.807, 2.05) is 132 Å². The van der Waals surface area contributed by atoms with E-state index >= 15 is 0 Å². The van der Waals surface area contributed by atoms with Gasteiger partial charge in [0.2, 0.25) is 5.78 Å². The zero-order chi connectivity index (χ0) is 45.4. The molecule has 0 spiro atoms. The van der Waals surface area contributed by atoms with Crippen LogP contribution >= 0.6 is 61.1 Å². The van der Waals surface area contributed by atoms with Crippen LogP contribution in [0.15, 0.2) is 102 Å². The van der Waals surface area contributed by atoms with Crippen molar-refractivity contribution < 1.29 is 19.1 Å². The third kappa shape index (κ3) is 21.5. The Hall–Kier alpha value is -4.41. The number of ketones is 2. The highest BCUT2D eigenvalue weighted by Gasteiger charge is 2.18. The Morgan fingerprint density at radius 3 is 1.80 bits per heavy atom. The number of nitrogens with zero attached hydrogens (tertiary/aromatic N) is 4. The Labute approximate surface area is 406 Å². The van der Waals surface area contributed by atoms with E-state index in [9.17, 15) is 9.59 Å². The molecular weight excluding hydrogens is 948 g/mol. The average Bonchev–Trinajstić information content (AvgIpc) is 3.63. The number of thiocarbonyl (C=S) groups is 1. The number of hydrogen-bond donors (Lipinski definition) is 4. The fourth-order valence-corrected chi connectivity index (χ4v) is 7.09. The molecule has 0 radical (unpaired) electrons. The van der Waals surface area contributed by atoms with Crippen LogP contribution in [0.5, 0.6) is 11.5 Å². The number of halogens is 1. The molecule has 5 aromatic rings. The van der Waals surface area contributed by atoms with Gasteiger partial charge in [-0.3, -0.25) is 9.59 Å². The van der Waals surface area contributed by atoms with Gasteiger partial charge in [0.25, 0.3) is 0 Å². The number of alkyl halides is 1. The number of nitrogen functional groups attached to an aromatic ring is 1. The van der Waals surface area contributed by atoms with Gasteiger partial charge in [-0.1, -0.05) is 104 Å². The maximum atomic E-state index is 12.8. The summed E-state index contributed by atoms with van der Waals surface area (Å²) in [5.74, 6) is 2.80. The second-order valence-corrected chi connectivity index (χ2v) is 17.2. The Bertz CT molecular complexity index is 2190. The number of benzene rings is 4. The van der Waals surface area contributed by atoms with Crippen molar-refractivity contribution in [1.29, 1.82) is 0 Å². The Kier molecular flexibility index (Phi) is 28.3. The van der Waals surface area contributed by atoms with Gasteiger partial charge in [0, 0.05) is 35.6 Å². The summed E-state index contributed by atoms with van der Waals surface area (Å²) in [6.07, 6.45) is 1.85. The summed E-state index contributed by atoms with van der Waals surface area (Å²) in [6.45, 7) is 9.19. The van der Waals surface area contributed by atoms with Gasteiger partial charge in [0.05, 0.1) is 5.33 Å². The lowest BCUT2D eigenvalue weighted by Crippen LogP contribution is -2.19. The molecule has 4 aromatic carbocycles. The summed E-state index contributed by atoms with van der Waals surface area (Å²) in [7, 11) is 8.05. The lowest BCUT2D eigenvalue weighted by Gasteiger charge is -2.11. The first-order valence-electron chi connectivity index (χ1n) is 20.1. The molecule has 0 aliphatic rings. The van der Waals surface area contributed by atoms with Gasteiger partial charge in [0.1, 0.15) is 35.4 Å². The molecule has 64 heavy (non-hydrogen) atoms. The first kappa shape index (κ1) is 57.6. The van der Waals surface area contributed by atoms with Crippen LogP contribution in [0.4, 0.5) is 22.3 Å². The number of thioether (sulfide) groups is 1. The summed E-state index contributed by atoms with van der Waals surface area (Å²) in [5, 5.41) is 8.04. The number of ether oxygens (including phenoxy) is 2. The third-order valence-corrected chi connectivity index (χ3v) is 10.9. The van der Waals surface area contributed by atoms with Crippen LogP contribution in [-0.4, -0.2) is 102 Å². The largest absolute Gasteiger partial charge is 0.492 e. The molecular formula is C47H66BrN8O4PS3. The molecule has 0 aliphatic carbocycles. The minimum atomic E-state index is -0.104. The molecule has 1 heterocycles. The highest BCUT2D eigenvalue weighted by atomic mass is 79.9. The molecule has 0 aliphatic heterocycles. The number of nitrogens with one attached hydrogen (secondary N) is 2. The standard InChI is InChI=1S/C22H26N4O2S.C14H22N4OS2.C10H11BrO.CH4.H3P/c1-4-15-6-5-7-16(14-15)19(27)20-21(23)25-22(29-20)24-17-8-10-18(11-9-17)28-13-12-26(2)3;1-4-21-13(15)17-14(20)16-11-5-7-12(8-6-11)19-10-9-18(2)3;1-2-8-4-3-5-9(6-8)10(12)7-11;;/h5-11,14H,4,12-13,23H2,1-3H3,(H,24,25);5-8H,4,9-10H2,1-3H3,(H3,15,16,17,20);3-6H,2,7H2,1H3;1H4;1H3. The first-order chi connectivity index (χ1) is 29.7. The van der Waals surface area contributed by atoms with E-state index in [0.29, 0.717) is 44.4 Å². The van der Waals surface area contributed by atoms with Crippen molar-refractivity contribution in [2.75, 3.05) is 81.9 Å². The number of aryl methyl sites for hydroxylation is 2. The van der Waals surface area contributed by atoms with E-state index < -0.39 is 0 Å². The van der Waals surface area contributed by atoms with Crippen molar-refractivity contribution in [1.82, 2.24) is 14.8 Å². The number of anilines is 4. The number of carbonyl (C=O) groups is 2. The van der Waals surface area contributed by atoms with Crippen molar-refractivity contribution in [2.45, 2.75) is 41.0 Å². The smallest absolute Gasteiger partial charge is 0.206 e. The molecule has 0 fully saturated rings. The normalized spacial score (nSPS) is 10.6. The van der Waals surface area contributed by atoms with Gasteiger partial charge >= 0.3 is 0 Å². The number of hydrogen-bond acceptors (Lipinski definition) is 12. The first-order valence-corrected chi connectivity index (χ1v) is 23.5. The van der Waals surface area contributed by atoms with Crippen molar-refractivity contribution in [3.05, 3.63) is 124 Å². The fourth-order valence-electron chi connectivity index (χ4n) is 5.17. The molecule has 17 heteroatoms. The number of aliphatic imine (C=N–C) groups is 1. The van der Waals surface area contributed by atoms with Crippen molar-refractivity contribution in [3.8, 4) is 11.5 Å². The number of amidine groups is 1. The predicted molar refractivity (Wildman–Crippen MR) is 288 cm³/mol. The Morgan fingerprint density at radius 1 is 0.812 bits per heavy atom. The topological polar surface area (TPSA) is 160 Å². The van der Waals surface area contributed by atoms with Gasteiger partial charge in [-0.15, -0.1) is 0 Å². The number of thiazole rings is 1. The molecule has 0 bridgehead atoms. The molecule has 12 nitrogen and oxygen atoms in total. The fraction of sp³-hybridized carbons (Fsp3) is 0.340. The van der Waals surface area contributed by atoms with Gasteiger partial charge in [0.15, 0.2) is 21.2 Å². The highest BCUT2D eigenvalue weighted by molar-refractivity contribution is 9.09. The molecule has 0 amide bonds. The quantitative estimate of drug-likeness (QED) is 0.0164. The lowest BCUT2D eigenvalue weighted by atomic mass is 10.1. The van der Waals surface area contributed by atoms with E-state index in [1.54, 1.807) is 0 Å². The number of nitrogens with two attached hydrogens (primary N) is 2. The zero-order valence-electron chi connectivity index (χ0n) is 37.3. The lowest BCUT2D eigenvalue weighted by molar-refractivity contribution is 0.102. The summed E-state index contributed by atoms with van der Waals surface area (Å²) in [4.78, 5) is 37.1. The van der Waals surface area contributed by atoms with E-state index in [2.05, 4.69) is 60.2 Å². The number of aromatic nitrogens is 1. The second kappa shape index (κ2) is 31.5. The zero-order valence-corrected chi connectivity index (χ0v) is 42.7. The second-order valence-electron chi connectivity index (χ2n) is 14.0. The van der Waals surface area contributed by atoms with E-state index in [0.717, 1.165) is 65.7 Å². The van der Waals surface area contributed by atoms with Crippen molar-refractivity contribution >= 4 is 105 Å². The van der Waals surface area contributed by atoms with Crippen molar-refractivity contribution in [3.63, 3.8) is 0 Å². The van der Waals surface area contributed by atoms with Crippen LogP contribution in [0.3, 0.4) is 0 Å². The summed E-state index contributed by atoms with van der Waals surface area (Å²) >= 11 is 11.0. The van der Waals surface area contributed by atoms with E-state index in [4.69, 9.17) is 33.2 Å². The molecule has 1 aromatic heterocycles. The SMILES string of the molecule is C.CCSC(N)=NC(=S)Nc1ccc(OCCN(C)C)cc1.CCc1cccc(C(=O)CBr)c1.CCc1cccc(C(=O)c2sc(Nc3ccc(OCCN(C)C)cc3)nc2N)c1.P. The minimum absolute atomic E-state index is 0. The van der Waals surface area contributed by atoms with Crippen LogP contribution in [0.1, 0.15) is 64.9 Å². The Morgan fingerprint density at radius 2 is 1.31 bits per heavy atom. The number of rotatable bonds is 18. The molecule has 348 valence electrons. The third-order valence-electron chi connectivity index (χ3n) is 8.57. The monoisotopic (exact) mass is 1010 g/mol. The molecule has 5 rings (SSSR count). The summed E-state index contributed by atoms with van der Waals surface area (Å²) in [6, 6.07) is 30.6. The van der Waals surface area contributed by atoms with Gasteiger partial charge in [-0.05, 0) is 131 Å². The summed E-state index contributed by atoms with van der Waals surface area (Å²) in [5.41, 5.74) is 17.2. The maximum absolute atomic E-state index is 12.8. The van der Waals surface area contributed by atoms with Gasteiger partial charge < -0.3 is 41.4 Å². The number of Topliss-reactive ketones (excluding diaryl/α,β-unsaturated/α-hetero) is 1. The Balaban J connectivity index is 0.000000514. The molecule has 1 atom stereocenters. The van der Waals surface area contributed by atoms with Crippen LogP contribution in [-0.2, 0) is 12.8 Å². The van der Waals surface area contributed by atoms with Crippen LogP contribution in [0.25, 0.3) is 0 Å².